The molecule has 0 unspecified atom stereocenters. The Bertz CT molecular complexity index is 1370. The standard InChI is InChI=1S/C30H29ClN3O3.Na/c1-20-28(32-30(35)36-21(2)26-8-4-5-9-27(26)31)29(37-33-20)24-12-10-22(11-13-24)23-14-16-25(17-15-23)34-18-6-3-7-19-34;/h4-6,8-17,21H,3,7,18-19H2,1-2H3,(H,32,35);/q-1;+1/t21-;/m1./s1. The number of carbonyl (C=O) groups excluding carboxylic acids is 1. The summed E-state index contributed by atoms with van der Waals surface area (Å²) in [5, 5.41) is 7.40. The molecule has 0 saturated carbocycles. The molecule has 1 saturated heterocycles. The van der Waals surface area contributed by atoms with Crippen LogP contribution in [0.3, 0.4) is 0 Å². The molecule has 0 bridgehead atoms. The molecular weight excluding hydrogens is 509 g/mol. The van der Waals surface area contributed by atoms with E-state index >= 15 is 0 Å². The van der Waals surface area contributed by atoms with Crippen LogP contribution in [0.2, 0.25) is 5.02 Å². The van der Waals surface area contributed by atoms with E-state index < -0.39 is 12.2 Å². The molecule has 3 aromatic carbocycles. The van der Waals surface area contributed by atoms with Gasteiger partial charge in [0.05, 0.1) is 0 Å². The summed E-state index contributed by atoms with van der Waals surface area (Å²) in [6.45, 7) is 5.66. The summed E-state index contributed by atoms with van der Waals surface area (Å²) in [6.07, 6.45) is 3.62. The molecule has 1 fully saturated rings. The molecule has 6 nitrogen and oxygen atoms in total. The van der Waals surface area contributed by atoms with Gasteiger partial charge in [-0.2, -0.15) is 6.42 Å². The van der Waals surface area contributed by atoms with Gasteiger partial charge in [0.25, 0.3) is 0 Å². The Morgan fingerprint density at radius 3 is 2.37 bits per heavy atom. The molecule has 2 heterocycles. The van der Waals surface area contributed by atoms with Crippen molar-refractivity contribution in [2.24, 2.45) is 0 Å². The maximum atomic E-state index is 12.7. The first-order valence-corrected chi connectivity index (χ1v) is 12.8. The van der Waals surface area contributed by atoms with E-state index in [1.165, 1.54) is 18.5 Å². The van der Waals surface area contributed by atoms with E-state index in [0.717, 1.165) is 35.3 Å². The fourth-order valence-corrected chi connectivity index (χ4v) is 4.84. The van der Waals surface area contributed by atoms with E-state index in [-0.39, 0.29) is 29.6 Å². The van der Waals surface area contributed by atoms with Crippen molar-refractivity contribution in [2.45, 2.75) is 32.8 Å². The van der Waals surface area contributed by atoms with Gasteiger partial charge >= 0.3 is 35.7 Å². The Balaban J connectivity index is 0.00000336. The first-order chi connectivity index (χ1) is 18.0. The molecule has 0 spiro atoms. The summed E-state index contributed by atoms with van der Waals surface area (Å²) >= 11 is 6.24. The molecule has 38 heavy (non-hydrogen) atoms. The fourth-order valence-electron chi connectivity index (χ4n) is 4.55. The number of ether oxygens (including phenoxy) is 1. The molecule has 5 rings (SSSR count). The Morgan fingerprint density at radius 2 is 1.71 bits per heavy atom. The number of amides is 1. The van der Waals surface area contributed by atoms with Crippen LogP contribution in [0.15, 0.2) is 77.3 Å². The fraction of sp³-hybridized carbons (Fsp3) is 0.233. The van der Waals surface area contributed by atoms with Gasteiger partial charge in [0, 0.05) is 28.4 Å². The second-order valence-electron chi connectivity index (χ2n) is 9.17. The van der Waals surface area contributed by atoms with Crippen molar-refractivity contribution in [1.29, 1.82) is 0 Å². The van der Waals surface area contributed by atoms with Crippen molar-refractivity contribution in [3.63, 3.8) is 0 Å². The van der Waals surface area contributed by atoms with Crippen molar-refractivity contribution in [3.8, 4) is 22.5 Å². The minimum Gasteiger partial charge on any atom is -0.441 e. The zero-order chi connectivity index (χ0) is 25.8. The predicted octanol–water partition coefficient (Wildman–Crippen LogP) is 5.09. The van der Waals surface area contributed by atoms with Gasteiger partial charge in [-0.1, -0.05) is 77.8 Å². The monoisotopic (exact) mass is 537 g/mol. The minimum absolute atomic E-state index is 0. The number of anilines is 2. The zero-order valence-corrected chi connectivity index (χ0v) is 24.7. The van der Waals surface area contributed by atoms with E-state index in [2.05, 4.69) is 46.1 Å². The van der Waals surface area contributed by atoms with E-state index in [4.69, 9.17) is 20.9 Å². The predicted molar refractivity (Wildman–Crippen MR) is 148 cm³/mol. The second kappa shape index (κ2) is 12.9. The number of piperidine rings is 1. The smallest absolute Gasteiger partial charge is 0.441 e. The van der Waals surface area contributed by atoms with Crippen molar-refractivity contribution >= 4 is 29.1 Å². The topological polar surface area (TPSA) is 67.6 Å². The number of hydrogen-bond acceptors (Lipinski definition) is 5. The quantitative estimate of drug-likeness (QED) is 0.274. The first kappa shape index (κ1) is 28.2. The van der Waals surface area contributed by atoms with Crippen LogP contribution in [0.25, 0.3) is 22.5 Å². The third-order valence-electron chi connectivity index (χ3n) is 6.62. The van der Waals surface area contributed by atoms with E-state index in [0.29, 0.717) is 22.2 Å². The number of benzene rings is 3. The molecule has 1 aliphatic rings. The SMILES string of the molecule is Cc1noc(-c2ccc(-c3ccc(N4C[CH-]CCC4)cc3)cc2)c1NC(=O)O[C@H](C)c1ccccc1Cl.[Na+]. The molecule has 4 aromatic rings. The van der Waals surface area contributed by atoms with Crippen LogP contribution in [0.5, 0.6) is 0 Å². The van der Waals surface area contributed by atoms with Gasteiger partial charge in [-0.15, -0.1) is 6.54 Å². The first-order valence-electron chi connectivity index (χ1n) is 12.5. The van der Waals surface area contributed by atoms with E-state index in [9.17, 15) is 4.79 Å². The normalized spacial score (nSPS) is 13.9. The Hall–Kier alpha value is -2.77. The molecule has 190 valence electrons. The molecule has 1 atom stereocenters. The van der Waals surface area contributed by atoms with Crippen LogP contribution in [0.4, 0.5) is 16.2 Å². The molecule has 8 heteroatoms. The Kier molecular flexibility index (Phi) is 9.55. The van der Waals surface area contributed by atoms with E-state index in [1.807, 2.05) is 42.5 Å². The third kappa shape index (κ3) is 6.44. The Labute approximate surface area is 250 Å². The van der Waals surface area contributed by atoms with Crippen molar-refractivity contribution < 1.29 is 43.6 Å². The number of nitrogens with zero attached hydrogens (tertiary/aromatic N) is 2. The number of aryl methyl sites for hydroxylation is 1. The van der Waals surface area contributed by atoms with Gasteiger partial charge in [-0.3, -0.25) is 5.32 Å². The molecule has 1 amide bonds. The number of rotatable bonds is 6. The molecule has 1 aliphatic heterocycles. The number of aromatic nitrogens is 1. The van der Waals surface area contributed by atoms with Crippen LogP contribution in [-0.4, -0.2) is 24.3 Å². The number of carbonyl (C=O) groups is 1. The number of hydrogen-bond donors (Lipinski definition) is 1. The summed E-state index contributed by atoms with van der Waals surface area (Å²) in [7, 11) is 0. The summed E-state index contributed by atoms with van der Waals surface area (Å²) in [4.78, 5) is 15.1. The minimum atomic E-state index is -0.608. The Morgan fingerprint density at radius 1 is 1.05 bits per heavy atom. The van der Waals surface area contributed by atoms with Gasteiger partial charge in [0.15, 0.2) is 5.76 Å². The van der Waals surface area contributed by atoms with Crippen molar-refractivity contribution in [3.05, 3.63) is 95.5 Å². The summed E-state index contributed by atoms with van der Waals surface area (Å²) in [5.41, 5.74) is 6.07. The van der Waals surface area contributed by atoms with Crippen LogP contribution in [-0.2, 0) is 4.74 Å². The van der Waals surface area contributed by atoms with Gasteiger partial charge < -0.3 is 20.6 Å². The molecule has 1 aromatic heterocycles. The van der Waals surface area contributed by atoms with Crippen LogP contribution < -0.4 is 39.8 Å². The van der Waals surface area contributed by atoms with Gasteiger partial charge in [-0.05, 0) is 43.2 Å². The second-order valence-corrected chi connectivity index (χ2v) is 9.57. The average molecular weight is 538 g/mol. The molecule has 0 radical (unpaired) electrons. The average Bonchev–Trinajstić information content (AvgIpc) is 3.29. The van der Waals surface area contributed by atoms with Gasteiger partial charge in [-0.25, -0.2) is 4.79 Å². The number of nitrogens with one attached hydrogen (secondary N) is 1. The third-order valence-corrected chi connectivity index (χ3v) is 6.96. The van der Waals surface area contributed by atoms with Crippen LogP contribution in [0, 0.1) is 13.3 Å². The summed E-state index contributed by atoms with van der Waals surface area (Å²) < 4.78 is 11.1. The molecular formula is C30H29ClN3NaO3. The van der Waals surface area contributed by atoms with Crippen molar-refractivity contribution in [1.82, 2.24) is 5.16 Å². The summed E-state index contributed by atoms with van der Waals surface area (Å²) in [5.74, 6) is 0.475. The molecule has 1 N–H and O–H groups in total. The maximum absolute atomic E-state index is 12.7. The van der Waals surface area contributed by atoms with Crippen molar-refractivity contribution in [2.75, 3.05) is 23.3 Å². The van der Waals surface area contributed by atoms with Crippen LogP contribution in [0.1, 0.15) is 37.1 Å². The van der Waals surface area contributed by atoms with Crippen LogP contribution >= 0.6 is 11.6 Å². The maximum Gasteiger partial charge on any atom is 1.00 e. The van der Waals surface area contributed by atoms with Gasteiger partial charge in [0.1, 0.15) is 17.5 Å². The summed E-state index contributed by atoms with van der Waals surface area (Å²) in [6, 6.07) is 24.0. The number of halogens is 1. The zero-order valence-electron chi connectivity index (χ0n) is 21.9. The largest absolute Gasteiger partial charge is 1.00 e. The van der Waals surface area contributed by atoms with Gasteiger partial charge in [0.2, 0.25) is 0 Å². The molecule has 0 aliphatic carbocycles. The van der Waals surface area contributed by atoms with E-state index in [1.54, 1.807) is 19.9 Å².